The van der Waals surface area contributed by atoms with E-state index >= 15 is 0 Å². The van der Waals surface area contributed by atoms with Crippen molar-refractivity contribution >= 4 is 21.9 Å². The highest BCUT2D eigenvalue weighted by molar-refractivity contribution is 7.92. The van der Waals surface area contributed by atoms with Crippen LogP contribution in [-0.4, -0.2) is 71.4 Å². The van der Waals surface area contributed by atoms with Gasteiger partial charge in [0.15, 0.2) is 0 Å². The van der Waals surface area contributed by atoms with E-state index in [1.54, 1.807) is 18.0 Å². The summed E-state index contributed by atoms with van der Waals surface area (Å²) >= 11 is 0. The van der Waals surface area contributed by atoms with Gasteiger partial charge in [-0.2, -0.15) is 10.1 Å². The zero-order chi connectivity index (χ0) is 25.7. The summed E-state index contributed by atoms with van der Waals surface area (Å²) in [5.41, 5.74) is 2.91. The van der Waals surface area contributed by atoms with Gasteiger partial charge in [-0.1, -0.05) is 18.2 Å². The number of nitrogens with zero attached hydrogens (tertiary/aromatic N) is 5. The van der Waals surface area contributed by atoms with Gasteiger partial charge in [-0.05, 0) is 31.9 Å². The standard InChI is InChI=1S/C24H28N6O5S/c1-15-6-5-7-16(2)21(15)19-8-20(35-17-10-30(11-17)22(31)24(3)13-34-14-24)27-23(26-19)28-36(32,33)18-9-25-29(4)12-18/h5-9,12,17H,10-11,13-14H2,1-4H3,(H,26,27,28). The minimum atomic E-state index is -3.96. The average Bonchev–Trinajstić information content (AvgIpc) is 3.21. The third-order valence-corrected chi connectivity index (χ3v) is 7.72. The second kappa shape index (κ2) is 8.86. The number of rotatable bonds is 7. The molecule has 5 rings (SSSR count). The number of nitrogens with one attached hydrogen (secondary N) is 1. The summed E-state index contributed by atoms with van der Waals surface area (Å²) in [6.45, 7) is 7.53. The first-order valence-corrected chi connectivity index (χ1v) is 13.0. The molecule has 2 aromatic heterocycles. The molecule has 2 saturated heterocycles. The fourth-order valence-corrected chi connectivity index (χ4v) is 5.28. The number of likely N-dealkylation sites (tertiary alicyclic amines) is 1. The normalized spacial score (nSPS) is 17.3. The van der Waals surface area contributed by atoms with Crippen LogP contribution in [-0.2, 0) is 26.6 Å². The van der Waals surface area contributed by atoms with Crippen LogP contribution in [0.3, 0.4) is 0 Å². The number of aromatic nitrogens is 4. The van der Waals surface area contributed by atoms with Crippen molar-refractivity contribution in [2.75, 3.05) is 31.0 Å². The summed E-state index contributed by atoms with van der Waals surface area (Å²) in [7, 11) is -2.33. The summed E-state index contributed by atoms with van der Waals surface area (Å²) < 4.78 is 40.9. The van der Waals surface area contributed by atoms with Gasteiger partial charge in [-0.3, -0.25) is 9.48 Å². The Labute approximate surface area is 209 Å². The molecule has 0 bridgehead atoms. The van der Waals surface area contributed by atoms with Gasteiger partial charge in [-0.25, -0.2) is 18.1 Å². The van der Waals surface area contributed by atoms with E-state index in [0.717, 1.165) is 16.7 Å². The zero-order valence-electron chi connectivity index (χ0n) is 20.6. The first-order valence-electron chi connectivity index (χ1n) is 11.5. The van der Waals surface area contributed by atoms with Crippen LogP contribution < -0.4 is 9.46 Å². The van der Waals surface area contributed by atoms with Crippen molar-refractivity contribution in [1.29, 1.82) is 0 Å². The van der Waals surface area contributed by atoms with Crippen LogP contribution in [0.4, 0.5) is 5.95 Å². The average molecular weight is 513 g/mol. The number of carbonyl (C=O) groups is 1. The number of hydrogen-bond donors (Lipinski definition) is 1. The minimum absolute atomic E-state index is 0.00448. The van der Waals surface area contributed by atoms with Gasteiger partial charge < -0.3 is 14.4 Å². The smallest absolute Gasteiger partial charge is 0.267 e. The second-order valence-electron chi connectivity index (χ2n) is 9.64. The van der Waals surface area contributed by atoms with Crippen LogP contribution in [0.25, 0.3) is 11.3 Å². The van der Waals surface area contributed by atoms with Crippen LogP contribution in [0.1, 0.15) is 18.1 Å². The topological polar surface area (TPSA) is 129 Å². The molecule has 2 aliphatic rings. The summed E-state index contributed by atoms with van der Waals surface area (Å²) in [6, 6.07) is 7.57. The van der Waals surface area contributed by atoms with E-state index in [4.69, 9.17) is 9.47 Å². The molecule has 0 atom stereocenters. The molecule has 0 saturated carbocycles. The van der Waals surface area contributed by atoms with Crippen molar-refractivity contribution in [2.24, 2.45) is 12.5 Å². The molecular formula is C24H28N6O5S. The molecule has 2 aliphatic heterocycles. The Kier molecular flexibility index (Phi) is 5.95. The van der Waals surface area contributed by atoms with Crippen molar-refractivity contribution in [2.45, 2.75) is 31.8 Å². The largest absolute Gasteiger partial charge is 0.470 e. The Morgan fingerprint density at radius 3 is 2.47 bits per heavy atom. The minimum Gasteiger partial charge on any atom is -0.470 e. The lowest BCUT2D eigenvalue weighted by atomic mass is 9.86. The van der Waals surface area contributed by atoms with Gasteiger partial charge >= 0.3 is 0 Å². The number of aryl methyl sites for hydroxylation is 3. The van der Waals surface area contributed by atoms with E-state index in [1.165, 1.54) is 17.1 Å². The molecule has 1 N–H and O–H groups in total. The van der Waals surface area contributed by atoms with Crippen LogP contribution in [0.5, 0.6) is 5.88 Å². The highest BCUT2D eigenvalue weighted by Gasteiger charge is 2.47. The molecule has 0 aliphatic carbocycles. The van der Waals surface area contributed by atoms with Crippen molar-refractivity contribution in [3.8, 4) is 17.1 Å². The van der Waals surface area contributed by atoms with E-state index in [9.17, 15) is 13.2 Å². The third-order valence-electron chi connectivity index (χ3n) is 6.44. The van der Waals surface area contributed by atoms with Gasteiger partial charge in [0.25, 0.3) is 10.0 Å². The van der Waals surface area contributed by atoms with E-state index in [1.807, 2.05) is 39.0 Å². The van der Waals surface area contributed by atoms with Crippen LogP contribution in [0, 0.1) is 19.3 Å². The maximum atomic E-state index is 12.9. The third kappa shape index (κ3) is 4.53. The maximum Gasteiger partial charge on any atom is 0.267 e. The fourth-order valence-electron chi connectivity index (χ4n) is 4.36. The van der Waals surface area contributed by atoms with Gasteiger partial charge in [0.2, 0.25) is 17.7 Å². The summed E-state index contributed by atoms with van der Waals surface area (Å²) in [6.07, 6.45) is 2.38. The molecule has 12 heteroatoms. The first-order chi connectivity index (χ1) is 17.0. The highest BCUT2D eigenvalue weighted by Crippen LogP contribution is 2.33. The molecule has 0 spiro atoms. The fraction of sp³-hybridized carbons (Fsp3) is 0.417. The van der Waals surface area contributed by atoms with Crippen molar-refractivity contribution < 1.29 is 22.7 Å². The molecule has 3 aromatic rings. The van der Waals surface area contributed by atoms with Gasteiger partial charge in [0.05, 0.1) is 43.6 Å². The highest BCUT2D eigenvalue weighted by atomic mass is 32.2. The molecular weight excluding hydrogens is 484 g/mol. The molecule has 2 fully saturated rings. The predicted molar refractivity (Wildman–Crippen MR) is 131 cm³/mol. The number of anilines is 1. The molecule has 1 aromatic carbocycles. The van der Waals surface area contributed by atoms with Gasteiger partial charge in [0, 0.05) is 24.9 Å². The quantitative estimate of drug-likeness (QED) is 0.509. The number of sulfonamides is 1. The summed E-state index contributed by atoms with van der Waals surface area (Å²) in [5.74, 6) is 0.166. The lowest BCUT2D eigenvalue weighted by Gasteiger charge is -2.46. The number of amides is 1. The molecule has 1 amide bonds. The molecule has 190 valence electrons. The first kappa shape index (κ1) is 24.2. The number of benzene rings is 1. The van der Waals surface area contributed by atoms with E-state index in [2.05, 4.69) is 19.8 Å². The van der Waals surface area contributed by atoms with E-state index in [-0.39, 0.29) is 28.7 Å². The van der Waals surface area contributed by atoms with E-state index < -0.39 is 15.4 Å². The van der Waals surface area contributed by atoms with Crippen LogP contribution in [0.2, 0.25) is 0 Å². The van der Waals surface area contributed by atoms with Crippen molar-refractivity contribution in [3.05, 3.63) is 47.8 Å². The Balaban J connectivity index is 1.41. The van der Waals surface area contributed by atoms with Crippen LogP contribution >= 0.6 is 0 Å². The lowest BCUT2D eigenvalue weighted by Crippen LogP contribution is -2.63. The molecule has 4 heterocycles. The molecule has 36 heavy (non-hydrogen) atoms. The van der Waals surface area contributed by atoms with Gasteiger partial charge in [0.1, 0.15) is 11.0 Å². The zero-order valence-corrected chi connectivity index (χ0v) is 21.4. The Bertz CT molecular complexity index is 1410. The van der Waals surface area contributed by atoms with Crippen molar-refractivity contribution in [3.63, 3.8) is 0 Å². The number of ether oxygens (including phenoxy) is 2. The lowest BCUT2D eigenvalue weighted by molar-refractivity contribution is -0.176. The summed E-state index contributed by atoms with van der Waals surface area (Å²) in [5, 5.41) is 3.93. The van der Waals surface area contributed by atoms with E-state index in [0.29, 0.717) is 32.0 Å². The molecule has 11 nitrogen and oxygen atoms in total. The Hall–Kier alpha value is -3.51. The molecule has 0 radical (unpaired) electrons. The maximum absolute atomic E-state index is 12.9. The number of carbonyl (C=O) groups excluding carboxylic acids is 1. The van der Waals surface area contributed by atoms with Crippen LogP contribution in [0.15, 0.2) is 41.6 Å². The summed E-state index contributed by atoms with van der Waals surface area (Å²) in [4.78, 5) is 23.2. The second-order valence-corrected chi connectivity index (χ2v) is 11.3. The number of hydrogen-bond acceptors (Lipinski definition) is 8. The Morgan fingerprint density at radius 1 is 1.19 bits per heavy atom. The predicted octanol–water partition coefficient (Wildman–Crippen LogP) is 1.92. The monoisotopic (exact) mass is 512 g/mol. The SMILES string of the molecule is Cc1cccc(C)c1-c1cc(OC2CN(C(=O)C3(C)COC3)C2)nc(NS(=O)(=O)c2cnn(C)c2)n1. The van der Waals surface area contributed by atoms with Crippen molar-refractivity contribution in [1.82, 2.24) is 24.6 Å². The molecule has 0 unspecified atom stereocenters. The van der Waals surface area contributed by atoms with Gasteiger partial charge in [-0.15, -0.1) is 0 Å². The Morgan fingerprint density at radius 2 is 1.89 bits per heavy atom.